The molecule has 7 heteroatoms. The van der Waals surface area contributed by atoms with Gasteiger partial charge in [0.2, 0.25) is 5.88 Å². The van der Waals surface area contributed by atoms with Crippen LogP contribution in [0.4, 0.5) is 0 Å². The summed E-state index contributed by atoms with van der Waals surface area (Å²) < 4.78 is 9.94. The zero-order valence-corrected chi connectivity index (χ0v) is 13.9. The van der Waals surface area contributed by atoms with Gasteiger partial charge in [-0.05, 0) is 30.3 Å². The fourth-order valence-electron chi connectivity index (χ4n) is 2.26. The molecule has 0 bridgehead atoms. The summed E-state index contributed by atoms with van der Waals surface area (Å²) in [4.78, 5) is 28.5. The highest BCUT2D eigenvalue weighted by Gasteiger charge is 2.24. The van der Waals surface area contributed by atoms with E-state index in [2.05, 4.69) is 10.3 Å². The maximum absolute atomic E-state index is 12.4. The van der Waals surface area contributed by atoms with Crippen molar-refractivity contribution in [1.82, 2.24) is 10.3 Å². The Balaban J connectivity index is 2.18. The van der Waals surface area contributed by atoms with Crippen LogP contribution in [0.1, 0.15) is 21.5 Å². The molecule has 0 aliphatic heterocycles. The topological polar surface area (TPSA) is 101 Å². The lowest BCUT2D eigenvalue weighted by molar-refractivity contribution is -0.142. The number of methoxy groups -OCH3 is 2. The first-order valence-corrected chi connectivity index (χ1v) is 7.45. The van der Waals surface area contributed by atoms with Crippen molar-refractivity contribution in [1.29, 1.82) is 5.26 Å². The monoisotopic (exact) mass is 339 g/mol. The Labute approximate surface area is 145 Å². The second kappa shape index (κ2) is 8.45. The lowest BCUT2D eigenvalue weighted by atomic mass is 10.1. The molecule has 0 aliphatic rings. The Kier molecular flexibility index (Phi) is 6.07. The van der Waals surface area contributed by atoms with Crippen molar-refractivity contribution in [3.05, 3.63) is 59.3 Å². The first-order valence-electron chi connectivity index (χ1n) is 7.45. The third kappa shape index (κ3) is 4.54. The smallest absolute Gasteiger partial charge is 0.328 e. The van der Waals surface area contributed by atoms with Crippen molar-refractivity contribution < 1.29 is 19.1 Å². The Morgan fingerprint density at radius 3 is 2.56 bits per heavy atom. The molecule has 0 fully saturated rings. The van der Waals surface area contributed by atoms with Crippen LogP contribution < -0.4 is 10.1 Å². The predicted octanol–water partition coefficient (Wildman–Crippen LogP) is 1.48. The van der Waals surface area contributed by atoms with E-state index in [4.69, 9.17) is 14.7 Å². The molecule has 1 aromatic carbocycles. The SMILES string of the molecule is COC(=O)[C@@H](Cc1cccnc1OC)NC(=O)c1ccc(C#N)cc1. The molecule has 0 radical (unpaired) electrons. The normalized spacial score (nSPS) is 11.1. The molecule has 1 amide bonds. The molecule has 0 saturated carbocycles. The zero-order valence-electron chi connectivity index (χ0n) is 13.9. The van der Waals surface area contributed by atoms with Gasteiger partial charge in [-0.15, -0.1) is 0 Å². The Bertz CT molecular complexity index is 797. The number of hydrogen-bond donors (Lipinski definition) is 1. The van der Waals surface area contributed by atoms with E-state index >= 15 is 0 Å². The lowest BCUT2D eigenvalue weighted by Crippen LogP contribution is -2.43. The summed E-state index contributed by atoms with van der Waals surface area (Å²) in [5.41, 5.74) is 1.45. The fraction of sp³-hybridized carbons (Fsp3) is 0.222. The molecular weight excluding hydrogens is 322 g/mol. The van der Waals surface area contributed by atoms with Gasteiger partial charge in [0, 0.05) is 23.7 Å². The predicted molar refractivity (Wildman–Crippen MR) is 88.9 cm³/mol. The highest BCUT2D eigenvalue weighted by atomic mass is 16.5. The van der Waals surface area contributed by atoms with Crippen molar-refractivity contribution in [2.75, 3.05) is 14.2 Å². The van der Waals surface area contributed by atoms with Gasteiger partial charge in [-0.1, -0.05) is 6.07 Å². The average molecular weight is 339 g/mol. The number of nitrogens with one attached hydrogen (secondary N) is 1. The molecule has 1 aromatic heterocycles. The Morgan fingerprint density at radius 1 is 1.24 bits per heavy atom. The van der Waals surface area contributed by atoms with Crippen molar-refractivity contribution in [2.45, 2.75) is 12.5 Å². The van der Waals surface area contributed by atoms with Crippen LogP contribution in [-0.4, -0.2) is 37.1 Å². The minimum Gasteiger partial charge on any atom is -0.481 e. The maximum Gasteiger partial charge on any atom is 0.328 e. The van der Waals surface area contributed by atoms with Crippen LogP contribution in [-0.2, 0) is 16.0 Å². The molecule has 1 N–H and O–H groups in total. The van der Waals surface area contributed by atoms with E-state index < -0.39 is 17.9 Å². The van der Waals surface area contributed by atoms with Crippen LogP contribution >= 0.6 is 0 Å². The van der Waals surface area contributed by atoms with Crippen molar-refractivity contribution in [2.24, 2.45) is 0 Å². The number of ether oxygens (including phenoxy) is 2. The minimum absolute atomic E-state index is 0.172. The molecule has 0 unspecified atom stereocenters. The van der Waals surface area contributed by atoms with Gasteiger partial charge >= 0.3 is 5.97 Å². The molecule has 7 nitrogen and oxygen atoms in total. The third-order valence-electron chi connectivity index (χ3n) is 3.53. The Hall–Kier alpha value is -3.40. The van der Waals surface area contributed by atoms with Crippen LogP contribution in [0.5, 0.6) is 5.88 Å². The van der Waals surface area contributed by atoms with E-state index in [-0.39, 0.29) is 6.42 Å². The highest BCUT2D eigenvalue weighted by molar-refractivity contribution is 5.96. The van der Waals surface area contributed by atoms with Crippen molar-refractivity contribution in [3.8, 4) is 11.9 Å². The number of esters is 1. The molecule has 1 heterocycles. The standard InChI is InChI=1S/C18H17N3O4/c1-24-17-14(4-3-9-20-17)10-15(18(23)25-2)21-16(22)13-7-5-12(11-19)6-8-13/h3-9,15H,10H2,1-2H3,(H,21,22)/t15-/m1/s1. The summed E-state index contributed by atoms with van der Waals surface area (Å²) >= 11 is 0. The lowest BCUT2D eigenvalue weighted by Gasteiger charge is -2.17. The quantitative estimate of drug-likeness (QED) is 0.800. The number of carbonyl (C=O) groups excluding carboxylic acids is 2. The number of hydrogen-bond acceptors (Lipinski definition) is 6. The second-order valence-electron chi connectivity index (χ2n) is 5.11. The average Bonchev–Trinajstić information content (AvgIpc) is 2.67. The van der Waals surface area contributed by atoms with E-state index in [1.54, 1.807) is 18.3 Å². The van der Waals surface area contributed by atoms with Gasteiger partial charge in [-0.25, -0.2) is 9.78 Å². The summed E-state index contributed by atoms with van der Waals surface area (Å²) in [6.45, 7) is 0. The summed E-state index contributed by atoms with van der Waals surface area (Å²) in [6, 6.07) is 10.7. The number of pyridine rings is 1. The number of aromatic nitrogens is 1. The number of nitrogens with zero attached hydrogens (tertiary/aromatic N) is 2. The third-order valence-corrected chi connectivity index (χ3v) is 3.53. The van der Waals surface area contributed by atoms with E-state index in [1.807, 2.05) is 6.07 Å². The van der Waals surface area contributed by atoms with Gasteiger partial charge in [-0.3, -0.25) is 4.79 Å². The van der Waals surface area contributed by atoms with Gasteiger partial charge in [0.1, 0.15) is 6.04 Å². The fourth-order valence-corrected chi connectivity index (χ4v) is 2.26. The van der Waals surface area contributed by atoms with E-state index in [9.17, 15) is 9.59 Å². The number of rotatable bonds is 6. The number of nitriles is 1. The van der Waals surface area contributed by atoms with Crippen LogP contribution in [0.3, 0.4) is 0 Å². The van der Waals surface area contributed by atoms with Gasteiger partial charge in [0.15, 0.2) is 0 Å². The first-order chi connectivity index (χ1) is 12.1. The molecule has 2 aromatic rings. The van der Waals surface area contributed by atoms with Crippen molar-refractivity contribution in [3.63, 3.8) is 0 Å². The van der Waals surface area contributed by atoms with Crippen LogP contribution in [0.15, 0.2) is 42.6 Å². The van der Waals surface area contributed by atoms with E-state index in [1.165, 1.54) is 38.5 Å². The molecule has 2 rings (SSSR count). The molecule has 25 heavy (non-hydrogen) atoms. The molecular formula is C18H17N3O4. The Morgan fingerprint density at radius 2 is 1.96 bits per heavy atom. The number of carbonyl (C=O) groups is 2. The zero-order chi connectivity index (χ0) is 18.2. The first kappa shape index (κ1) is 17.9. The summed E-state index contributed by atoms with van der Waals surface area (Å²) in [6.07, 6.45) is 1.75. The maximum atomic E-state index is 12.4. The van der Waals surface area contributed by atoms with Crippen LogP contribution in [0.25, 0.3) is 0 Å². The van der Waals surface area contributed by atoms with Crippen LogP contribution in [0, 0.1) is 11.3 Å². The molecule has 128 valence electrons. The molecule has 0 spiro atoms. The van der Waals surface area contributed by atoms with E-state index in [0.717, 1.165) is 0 Å². The van der Waals surface area contributed by atoms with Gasteiger partial charge in [0.05, 0.1) is 25.9 Å². The van der Waals surface area contributed by atoms with Crippen LogP contribution in [0.2, 0.25) is 0 Å². The minimum atomic E-state index is -0.897. The largest absolute Gasteiger partial charge is 0.481 e. The second-order valence-corrected chi connectivity index (χ2v) is 5.11. The van der Waals surface area contributed by atoms with Gasteiger partial charge in [-0.2, -0.15) is 5.26 Å². The summed E-state index contributed by atoms with van der Waals surface area (Å²) in [5, 5.41) is 11.4. The van der Waals surface area contributed by atoms with Crippen molar-refractivity contribution >= 4 is 11.9 Å². The molecule has 0 aliphatic carbocycles. The van der Waals surface area contributed by atoms with E-state index in [0.29, 0.717) is 22.6 Å². The molecule has 0 saturated heterocycles. The number of benzene rings is 1. The number of amides is 1. The highest BCUT2D eigenvalue weighted by Crippen LogP contribution is 2.16. The van der Waals surface area contributed by atoms with Gasteiger partial charge in [0.25, 0.3) is 5.91 Å². The summed E-state index contributed by atoms with van der Waals surface area (Å²) in [5.74, 6) is -0.639. The summed E-state index contributed by atoms with van der Waals surface area (Å²) in [7, 11) is 2.73. The van der Waals surface area contributed by atoms with Gasteiger partial charge < -0.3 is 14.8 Å². The molecule has 1 atom stereocenters.